The van der Waals surface area contributed by atoms with Crippen LogP contribution in [0.25, 0.3) is 0 Å². The molecule has 5 nitrogen and oxygen atoms in total. The Labute approximate surface area is 213 Å². The summed E-state index contributed by atoms with van der Waals surface area (Å²) in [5.41, 5.74) is 3.02. The first-order valence-electron chi connectivity index (χ1n) is 11.9. The van der Waals surface area contributed by atoms with Crippen LogP contribution >= 0.6 is 11.6 Å². The largest absolute Gasteiger partial charge is 0.484 e. The van der Waals surface area contributed by atoms with Crippen LogP contribution in [0.15, 0.2) is 78.9 Å². The average Bonchev–Trinajstić information content (AvgIpc) is 2.86. The first-order chi connectivity index (χ1) is 16.9. The van der Waals surface area contributed by atoms with Crippen molar-refractivity contribution in [1.82, 2.24) is 10.2 Å². The minimum atomic E-state index is -0.693. The fraction of sp³-hybridized carbons (Fsp3) is 0.310. The van der Waals surface area contributed by atoms with Crippen molar-refractivity contribution in [2.45, 2.75) is 52.2 Å². The Balaban J connectivity index is 1.92. The van der Waals surface area contributed by atoms with Crippen LogP contribution in [0, 0.1) is 6.92 Å². The van der Waals surface area contributed by atoms with Crippen molar-refractivity contribution in [2.75, 3.05) is 6.61 Å². The molecule has 0 bridgehead atoms. The number of rotatable bonds is 11. The summed E-state index contributed by atoms with van der Waals surface area (Å²) in [5.74, 6) is 0.0618. The summed E-state index contributed by atoms with van der Waals surface area (Å²) in [6.07, 6.45) is 1.20. The topological polar surface area (TPSA) is 58.6 Å². The number of hydrogen-bond acceptors (Lipinski definition) is 3. The van der Waals surface area contributed by atoms with Gasteiger partial charge >= 0.3 is 0 Å². The lowest BCUT2D eigenvalue weighted by Gasteiger charge is -2.32. The van der Waals surface area contributed by atoms with Gasteiger partial charge in [-0.25, -0.2) is 0 Å². The maximum absolute atomic E-state index is 13.6. The van der Waals surface area contributed by atoms with E-state index in [-0.39, 0.29) is 24.5 Å². The summed E-state index contributed by atoms with van der Waals surface area (Å²) < 4.78 is 5.77. The maximum atomic E-state index is 13.6. The molecular formula is C29H33ClN2O3. The number of nitrogens with zero attached hydrogens (tertiary/aromatic N) is 1. The van der Waals surface area contributed by atoms with Crippen molar-refractivity contribution in [3.8, 4) is 5.75 Å². The van der Waals surface area contributed by atoms with Crippen LogP contribution in [-0.4, -0.2) is 35.4 Å². The lowest BCUT2D eigenvalue weighted by atomic mass is 10.0. The maximum Gasteiger partial charge on any atom is 0.261 e. The summed E-state index contributed by atoms with van der Waals surface area (Å²) in [6, 6.07) is 23.9. The summed E-state index contributed by atoms with van der Waals surface area (Å²) >= 11 is 6.06. The molecule has 35 heavy (non-hydrogen) atoms. The second kappa shape index (κ2) is 13.0. The molecule has 0 aliphatic heterocycles. The van der Waals surface area contributed by atoms with Crippen LogP contribution < -0.4 is 10.1 Å². The SMILES string of the molecule is CC[C@H](C)NC(=O)[C@@H](Cc1ccccc1)N(Cc1ccccc1C)C(=O)COc1cccc(Cl)c1. The van der Waals surface area contributed by atoms with Gasteiger partial charge in [-0.2, -0.15) is 0 Å². The van der Waals surface area contributed by atoms with E-state index in [1.54, 1.807) is 29.2 Å². The third kappa shape index (κ3) is 7.86. The monoisotopic (exact) mass is 492 g/mol. The van der Waals surface area contributed by atoms with Crippen molar-refractivity contribution in [2.24, 2.45) is 0 Å². The van der Waals surface area contributed by atoms with Crippen molar-refractivity contribution in [3.63, 3.8) is 0 Å². The predicted molar refractivity (Wildman–Crippen MR) is 141 cm³/mol. The normalized spacial score (nSPS) is 12.5. The van der Waals surface area contributed by atoms with Gasteiger partial charge in [-0.05, 0) is 55.2 Å². The standard InChI is InChI=1S/C29H33ClN2O3/c1-4-22(3)31-29(34)27(17-23-12-6-5-7-13-23)32(19-24-14-9-8-11-21(24)2)28(33)20-35-26-16-10-15-25(30)18-26/h5-16,18,22,27H,4,17,19-20H2,1-3H3,(H,31,34)/t22-,27+/m0/s1. The zero-order valence-electron chi connectivity index (χ0n) is 20.5. The van der Waals surface area contributed by atoms with Gasteiger partial charge in [-0.3, -0.25) is 9.59 Å². The van der Waals surface area contributed by atoms with Crippen molar-refractivity contribution in [1.29, 1.82) is 0 Å². The summed E-state index contributed by atoms with van der Waals surface area (Å²) in [5, 5.41) is 3.61. The van der Waals surface area contributed by atoms with E-state index < -0.39 is 6.04 Å². The second-order valence-electron chi connectivity index (χ2n) is 8.72. The number of carbonyl (C=O) groups is 2. The minimum Gasteiger partial charge on any atom is -0.484 e. The van der Waals surface area contributed by atoms with Crippen LogP contribution in [0.4, 0.5) is 0 Å². The highest BCUT2D eigenvalue weighted by atomic mass is 35.5. The Morgan fingerprint density at radius 1 is 1.00 bits per heavy atom. The lowest BCUT2D eigenvalue weighted by molar-refractivity contribution is -0.143. The number of aryl methyl sites for hydroxylation is 1. The molecule has 0 saturated heterocycles. The van der Waals surface area contributed by atoms with E-state index in [4.69, 9.17) is 16.3 Å². The van der Waals surface area contributed by atoms with Crippen LogP contribution in [0.3, 0.4) is 0 Å². The highest BCUT2D eigenvalue weighted by Crippen LogP contribution is 2.20. The molecule has 6 heteroatoms. The molecule has 184 valence electrons. The molecule has 0 fully saturated rings. The van der Waals surface area contributed by atoms with Crippen LogP contribution in [-0.2, 0) is 22.6 Å². The number of hydrogen-bond donors (Lipinski definition) is 1. The molecule has 3 aromatic carbocycles. The third-order valence-corrected chi connectivity index (χ3v) is 6.27. The molecule has 0 aromatic heterocycles. The Kier molecular flexibility index (Phi) is 9.74. The molecule has 0 spiro atoms. The van der Waals surface area contributed by atoms with Gasteiger partial charge in [0.15, 0.2) is 6.61 Å². The lowest BCUT2D eigenvalue weighted by Crippen LogP contribution is -2.53. The van der Waals surface area contributed by atoms with E-state index in [9.17, 15) is 9.59 Å². The van der Waals surface area contributed by atoms with Gasteiger partial charge in [-0.1, -0.05) is 79.2 Å². The first kappa shape index (κ1) is 26.3. The molecule has 3 rings (SSSR count). The zero-order chi connectivity index (χ0) is 25.2. The number of halogens is 1. The minimum absolute atomic E-state index is 0.00102. The number of nitrogens with one attached hydrogen (secondary N) is 1. The number of amides is 2. The Hall–Kier alpha value is -3.31. The Morgan fingerprint density at radius 2 is 1.71 bits per heavy atom. The fourth-order valence-electron chi connectivity index (χ4n) is 3.75. The third-order valence-electron chi connectivity index (χ3n) is 6.03. The van der Waals surface area contributed by atoms with E-state index in [0.29, 0.717) is 23.7 Å². The summed E-state index contributed by atoms with van der Waals surface area (Å²) in [6.45, 7) is 6.09. The van der Waals surface area contributed by atoms with Gasteiger partial charge in [0.2, 0.25) is 5.91 Å². The molecule has 0 radical (unpaired) electrons. The molecular weight excluding hydrogens is 460 g/mol. The molecule has 0 aliphatic carbocycles. The van der Waals surface area contributed by atoms with E-state index in [1.165, 1.54) is 0 Å². The van der Waals surface area contributed by atoms with Crippen LogP contribution in [0.5, 0.6) is 5.75 Å². The predicted octanol–water partition coefficient (Wildman–Crippen LogP) is 5.58. The second-order valence-corrected chi connectivity index (χ2v) is 9.15. The van der Waals surface area contributed by atoms with E-state index in [0.717, 1.165) is 23.1 Å². The van der Waals surface area contributed by atoms with Crippen molar-refractivity contribution < 1.29 is 14.3 Å². The Morgan fingerprint density at radius 3 is 2.40 bits per heavy atom. The molecule has 2 atom stereocenters. The molecule has 0 aliphatic rings. The Bertz CT molecular complexity index is 1120. The summed E-state index contributed by atoms with van der Waals surface area (Å²) in [4.78, 5) is 28.7. The first-order valence-corrected chi connectivity index (χ1v) is 12.3. The molecule has 1 N–H and O–H groups in total. The van der Waals surface area contributed by atoms with Gasteiger partial charge < -0.3 is 15.0 Å². The average molecular weight is 493 g/mol. The van der Waals surface area contributed by atoms with Crippen LogP contribution in [0.2, 0.25) is 5.02 Å². The highest BCUT2D eigenvalue weighted by Gasteiger charge is 2.31. The quantitative estimate of drug-likeness (QED) is 0.380. The molecule has 0 unspecified atom stereocenters. The molecule has 2 amide bonds. The van der Waals surface area contributed by atoms with E-state index in [2.05, 4.69) is 5.32 Å². The number of ether oxygens (including phenoxy) is 1. The summed E-state index contributed by atoms with van der Waals surface area (Å²) in [7, 11) is 0. The molecule has 3 aromatic rings. The van der Waals surface area contributed by atoms with Gasteiger partial charge in [0.05, 0.1) is 0 Å². The van der Waals surface area contributed by atoms with Gasteiger partial charge in [0.1, 0.15) is 11.8 Å². The molecule has 0 heterocycles. The van der Waals surface area contributed by atoms with Gasteiger partial charge in [0.25, 0.3) is 5.91 Å². The van der Waals surface area contributed by atoms with Crippen molar-refractivity contribution >= 4 is 23.4 Å². The number of carbonyl (C=O) groups excluding carboxylic acids is 2. The van der Waals surface area contributed by atoms with E-state index >= 15 is 0 Å². The smallest absolute Gasteiger partial charge is 0.261 e. The van der Waals surface area contributed by atoms with Gasteiger partial charge in [-0.15, -0.1) is 0 Å². The number of benzene rings is 3. The zero-order valence-corrected chi connectivity index (χ0v) is 21.3. The fourth-order valence-corrected chi connectivity index (χ4v) is 3.93. The highest BCUT2D eigenvalue weighted by molar-refractivity contribution is 6.30. The van der Waals surface area contributed by atoms with Gasteiger partial charge in [0, 0.05) is 24.0 Å². The van der Waals surface area contributed by atoms with Crippen LogP contribution in [0.1, 0.15) is 37.0 Å². The van der Waals surface area contributed by atoms with Crippen molar-refractivity contribution in [3.05, 3.63) is 101 Å². The molecule has 0 saturated carbocycles. The van der Waals surface area contributed by atoms with E-state index in [1.807, 2.05) is 75.4 Å².